The Morgan fingerprint density at radius 3 is 2.47 bits per heavy atom. The predicted molar refractivity (Wildman–Crippen MR) is 67.1 cm³/mol. The van der Waals surface area contributed by atoms with E-state index in [1.54, 1.807) is 6.07 Å². The van der Waals surface area contributed by atoms with Gasteiger partial charge in [0.25, 0.3) is 0 Å². The zero-order valence-electron chi connectivity index (χ0n) is 10.4. The van der Waals surface area contributed by atoms with Crippen molar-refractivity contribution in [1.82, 2.24) is 5.32 Å². The zero-order valence-corrected chi connectivity index (χ0v) is 10.4. The molecule has 0 heterocycles. The molecule has 0 saturated heterocycles. The van der Waals surface area contributed by atoms with E-state index in [1.165, 1.54) is 25.0 Å². The van der Waals surface area contributed by atoms with Crippen LogP contribution in [0.25, 0.3) is 0 Å². The molecule has 1 nitrogen and oxygen atoms in total. The summed E-state index contributed by atoms with van der Waals surface area (Å²) >= 11 is 0. The molecule has 1 rings (SSSR count). The van der Waals surface area contributed by atoms with Crippen LogP contribution in [0, 0.1) is 11.6 Å². The van der Waals surface area contributed by atoms with Crippen molar-refractivity contribution in [2.75, 3.05) is 13.1 Å². The number of aryl methyl sites for hydroxylation is 1. The lowest BCUT2D eigenvalue weighted by atomic mass is 10.1. The number of nitrogens with one attached hydrogen (secondary N) is 1. The third-order valence-corrected chi connectivity index (χ3v) is 2.80. The first-order valence-corrected chi connectivity index (χ1v) is 6.38. The highest BCUT2D eigenvalue weighted by molar-refractivity contribution is 5.17. The third kappa shape index (κ3) is 5.78. The maximum absolute atomic E-state index is 12.9. The molecule has 0 saturated carbocycles. The molecule has 0 amide bonds. The van der Waals surface area contributed by atoms with Crippen LogP contribution in [0.5, 0.6) is 0 Å². The fourth-order valence-corrected chi connectivity index (χ4v) is 1.80. The van der Waals surface area contributed by atoms with Gasteiger partial charge in [-0.3, -0.25) is 0 Å². The molecule has 3 heteroatoms. The lowest BCUT2D eigenvalue weighted by Crippen LogP contribution is -2.13. The van der Waals surface area contributed by atoms with E-state index in [-0.39, 0.29) is 0 Å². The number of unbranched alkanes of at least 4 members (excludes halogenated alkanes) is 3. The maximum atomic E-state index is 12.9. The Morgan fingerprint density at radius 2 is 1.76 bits per heavy atom. The Morgan fingerprint density at radius 1 is 1.00 bits per heavy atom. The van der Waals surface area contributed by atoms with Crippen LogP contribution in [0.4, 0.5) is 8.78 Å². The molecule has 0 radical (unpaired) electrons. The van der Waals surface area contributed by atoms with Crippen molar-refractivity contribution >= 4 is 0 Å². The van der Waals surface area contributed by atoms with Gasteiger partial charge in [0.2, 0.25) is 0 Å². The van der Waals surface area contributed by atoms with Gasteiger partial charge in [-0.15, -0.1) is 0 Å². The van der Waals surface area contributed by atoms with Gasteiger partial charge in [-0.1, -0.05) is 25.8 Å². The minimum atomic E-state index is -0.764. The number of hydrogen-bond donors (Lipinski definition) is 1. The molecule has 0 aliphatic carbocycles. The summed E-state index contributed by atoms with van der Waals surface area (Å²) in [5.74, 6) is -1.51. The van der Waals surface area contributed by atoms with Gasteiger partial charge in [0.1, 0.15) is 0 Å². The molecule has 0 aliphatic heterocycles. The van der Waals surface area contributed by atoms with Crippen molar-refractivity contribution in [3.8, 4) is 0 Å². The zero-order chi connectivity index (χ0) is 12.5. The van der Waals surface area contributed by atoms with E-state index < -0.39 is 11.6 Å². The highest BCUT2D eigenvalue weighted by Gasteiger charge is 2.02. The molecule has 0 aromatic heterocycles. The Bertz CT molecular complexity index is 326. The first-order chi connectivity index (χ1) is 8.24. The largest absolute Gasteiger partial charge is 0.317 e. The van der Waals surface area contributed by atoms with E-state index in [9.17, 15) is 8.78 Å². The molecular formula is C14H21F2N. The molecule has 0 fully saturated rings. The summed E-state index contributed by atoms with van der Waals surface area (Å²) in [6.45, 7) is 4.19. The third-order valence-electron chi connectivity index (χ3n) is 2.80. The molecule has 0 aliphatic rings. The second-order valence-corrected chi connectivity index (χ2v) is 4.27. The first kappa shape index (κ1) is 14.1. The average molecular weight is 241 g/mol. The quantitative estimate of drug-likeness (QED) is 0.685. The summed E-state index contributed by atoms with van der Waals surface area (Å²) in [5, 5.41) is 3.28. The number of halogens is 2. The molecule has 0 bridgehead atoms. The molecule has 0 atom stereocenters. The highest BCUT2D eigenvalue weighted by atomic mass is 19.2. The van der Waals surface area contributed by atoms with E-state index >= 15 is 0 Å². The van der Waals surface area contributed by atoms with Gasteiger partial charge >= 0.3 is 0 Å². The van der Waals surface area contributed by atoms with E-state index in [0.717, 1.165) is 37.9 Å². The SMILES string of the molecule is CCNCCCCCCc1ccc(F)c(F)c1. The number of rotatable bonds is 8. The van der Waals surface area contributed by atoms with Crippen molar-refractivity contribution < 1.29 is 8.78 Å². The van der Waals surface area contributed by atoms with Crippen LogP contribution in [0.15, 0.2) is 18.2 Å². The average Bonchev–Trinajstić information content (AvgIpc) is 2.32. The summed E-state index contributed by atoms with van der Waals surface area (Å²) in [6.07, 6.45) is 5.39. The van der Waals surface area contributed by atoms with Crippen LogP contribution in [0.2, 0.25) is 0 Å². The molecule has 1 aromatic carbocycles. The summed E-state index contributed by atoms with van der Waals surface area (Å²) in [7, 11) is 0. The minimum Gasteiger partial charge on any atom is -0.317 e. The molecule has 1 N–H and O–H groups in total. The lowest BCUT2D eigenvalue weighted by molar-refractivity contribution is 0.506. The molecule has 17 heavy (non-hydrogen) atoms. The Balaban J connectivity index is 2.11. The van der Waals surface area contributed by atoms with Crippen LogP contribution >= 0.6 is 0 Å². The van der Waals surface area contributed by atoms with Gasteiger partial charge in [0, 0.05) is 0 Å². The standard InChI is InChI=1S/C14H21F2N/c1-2-17-10-6-4-3-5-7-12-8-9-13(15)14(16)11-12/h8-9,11,17H,2-7,10H2,1H3. The Hall–Kier alpha value is -0.960. The molecule has 1 aromatic rings. The van der Waals surface area contributed by atoms with Gasteiger partial charge in [-0.25, -0.2) is 8.78 Å². The van der Waals surface area contributed by atoms with Gasteiger partial charge in [-0.05, 0) is 50.0 Å². The second kappa shape index (κ2) is 8.18. The smallest absolute Gasteiger partial charge is 0.159 e. The minimum absolute atomic E-state index is 0.741. The topological polar surface area (TPSA) is 12.0 Å². The first-order valence-electron chi connectivity index (χ1n) is 6.38. The fourth-order valence-electron chi connectivity index (χ4n) is 1.80. The van der Waals surface area contributed by atoms with E-state index in [0.29, 0.717) is 0 Å². The van der Waals surface area contributed by atoms with Gasteiger partial charge in [0.15, 0.2) is 11.6 Å². The van der Waals surface area contributed by atoms with Crippen molar-refractivity contribution in [1.29, 1.82) is 0 Å². The van der Waals surface area contributed by atoms with Crippen molar-refractivity contribution in [3.63, 3.8) is 0 Å². The van der Waals surface area contributed by atoms with Crippen molar-refractivity contribution in [2.45, 2.75) is 39.0 Å². The second-order valence-electron chi connectivity index (χ2n) is 4.27. The van der Waals surface area contributed by atoms with Crippen LogP contribution in [-0.4, -0.2) is 13.1 Å². The lowest BCUT2D eigenvalue weighted by Gasteiger charge is -2.03. The van der Waals surface area contributed by atoms with Crippen LogP contribution in [-0.2, 0) is 6.42 Å². The molecule has 0 spiro atoms. The summed E-state index contributed by atoms with van der Waals surface area (Å²) < 4.78 is 25.6. The van der Waals surface area contributed by atoms with Crippen LogP contribution < -0.4 is 5.32 Å². The van der Waals surface area contributed by atoms with Crippen molar-refractivity contribution in [3.05, 3.63) is 35.4 Å². The number of benzene rings is 1. The highest BCUT2D eigenvalue weighted by Crippen LogP contribution is 2.12. The summed E-state index contributed by atoms with van der Waals surface area (Å²) in [5.41, 5.74) is 0.885. The summed E-state index contributed by atoms with van der Waals surface area (Å²) in [4.78, 5) is 0. The Labute approximate surface area is 102 Å². The predicted octanol–water partition coefficient (Wildman–Crippen LogP) is 3.68. The molecule has 96 valence electrons. The van der Waals surface area contributed by atoms with Gasteiger partial charge in [0.05, 0.1) is 0 Å². The normalized spacial score (nSPS) is 10.8. The monoisotopic (exact) mass is 241 g/mol. The van der Waals surface area contributed by atoms with Crippen molar-refractivity contribution in [2.24, 2.45) is 0 Å². The summed E-state index contributed by atoms with van der Waals surface area (Å²) in [6, 6.07) is 4.17. The Kier molecular flexibility index (Phi) is 6.78. The van der Waals surface area contributed by atoms with Gasteiger partial charge in [-0.2, -0.15) is 0 Å². The van der Waals surface area contributed by atoms with E-state index in [1.807, 2.05) is 0 Å². The maximum Gasteiger partial charge on any atom is 0.159 e. The van der Waals surface area contributed by atoms with Gasteiger partial charge < -0.3 is 5.32 Å². The number of hydrogen-bond acceptors (Lipinski definition) is 1. The molecular weight excluding hydrogens is 220 g/mol. The molecule has 0 unspecified atom stereocenters. The van der Waals surface area contributed by atoms with Crippen LogP contribution in [0.3, 0.4) is 0 Å². The fraction of sp³-hybridized carbons (Fsp3) is 0.571. The van der Waals surface area contributed by atoms with Crippen LogP contribution in [0.1, 0.15) is 38.2 Å². The van der Waals surface area contributed by atoms with E-state index in [4.69, 9.17) is 0 Å². The van der Waals surface area contributed by atoms with E-state index in [2.05, 4.69) is 12.2 Å².